The first-order valence-corrected chi connectivity index (χ1v) is 8.06. The quantitative estimate of drug-likeness (QED) is 0.462. The van der Waals surface area contributed by atoms with Crippen LogP contribution < -0.4 is 10.1 Å². The number of amides is 1. The Bertz CT molecular complexity index is 928. The molecule has 0 saturated carbocycles. The molecule has 0 spiro atoms. The van der Waals surface area contributed by atoms with Gasteiger partial charge in [-0.1, -0.05) is 12.1 Å². The molecular formula is C20H18N2O5. The highest BCUT2D eigenvalue weighted by molar-refractivity contribution is 6.12. The summed E-state index contributed by atoms with van der Waals surface area (Å²) in [4.78, 5) is 24.5. The van der Waals surface area contributed by atoms with E-state index < -0.39 is 11.9 Å². The van der Waals surface area contributed by atoms with E-state index in [1.165, 1.54) is 37.5 Å². The molecule has 1 amide bonds. The number of methoxy groups -OCH3 is 1. The van der Waals surface area contributed by atoms with Gasteiger partial charge >= 0.3 is 5.97 Å². The third-order valence-electron chi connectivity index (χ3n) is 3.57. The van der Waals surface area contributed by atoms with Gasteiger partial charge in [0, 0.05) is 5.56 Å². The first kappa shape index (κ1) is 19.5. The zero-order valence-electron chi connectivity index (χ0n) is 14.9. The smallest absolute Gasteiger partial charge is 0.340 e. The number of aromatic hydroxyl groups is 1. The molecule has 2 N–H and O–H groups in total. The molecule has 7 heteroatoms. The van der Waals surface area contributed by atoms with Gasteiger partial charge in [0.2, 0.25) is 0 Å². The maximum Gasteiger partial charge on any atom is 0.340 e. The number of carbonyl (C=O) groups is 2. The maximum atomic E-state index is 12.5. The molecule has 0 heterocycles. The van der Waals surface area contributed by atoms with Crippen molar-refractivity contribution < 1.29 is 24.2 Å². The number of ether oxygens (including phenoxy) is 2. The summed E-state index contributed by atoms with van der Waals surface area (Å²) in [6.07, 6.45) is 1.24. The molecule has 0 radical (unpaired) electrons. The second-order valence-corrected chi connectivity index (χ2v) is 5.31. The topological polar surface area (TPSA) is 109 Å². The van der Waals surface area contributed by atoms with Gasteiger partial charge in [-0.2, -0.15) is 5.26 Å². The highest BCUT2D eigenvalue weighted by Crippen LogP contribution is 2.25. The minimum absolute atomic E-state index is 0.108. The SMILES string of the molecule is CCOC(=O)c1ccccc1NC(=O)/C(C#N)=C\c1cc(OC)ccc1O. The first-order valence-electron chi connectivity index (χ1n) is 8.06. The van der Waals surface area contributed by atoms with Crippen molar-refractivity contribution in [1.29, 1.82) is 5.26 Å². The monoisotopic (exact) mass is 366 g/mol. The average Bonchev–Trinajstić information content (AvgIpc) is 2.67. The Morgan fingerprint density at radius 2 is 2.00 bits per heavy atom. The van der Waals surface area contributed by atoms with Gasteiger partial charge < -0.3 is 19.9 Å². The Labute approximate surface area is 156 Å². The number of carbonyl (C=O) groups excluding carboxylic acids is 2. The van der Waals surface area contributed by atoms with Gasteiger partial charge in [0.25, 0.3) is 5.91 Å². The lowest BCUT2D eigenvalue weighted by molar-refractivity contribution is -0.112. The molecule has 0 aromatic heterocycles. The molecule has 0 aliphatic heterocycles. The minimum atomic E-state index is -0.725. The number of hydrogen-bond donors (Lipinski definition) is 2. The molecule has 0 bridgehead atoms. The van der Waals surface area contributed by atoms with E-state index in [0.717, 1.165) is 0 Å². The third kappa shape index (κ3) is 4.86. The van der Waals surface area contributed by atoms with Crippen LogP contribution in [0.4, 0.5) is 5.69 Å². The summed E-state index contributed by atoms with van der Waals surface area (Å²) in [5.74, 6) is -0.953. The normalized spacial score (nSPS) is 10.6. The molecule has 0 aliphatic rings. The molecule has 2 rings (SSSR count). The van der Waals surface area contributed by atoms with Crippen molar-refractivity contribution in [3.8, 4) is 17.6 Å². The van der Waals surface area contributed by atoms with E-state index in [-0.39, 0.29) is 34.7 Å². The number of esters is 1. The van der Waals surface area contributed by atoms with Crippen molar-refractivity contribution in [3.63, 3.8) is 0 Å². The molecule has 2 aromatic rings. The largest absolute Gasteiger partial charge is 0.507 e. The van der Waals surface area contributed by atoms with Crippen LogP contribution in [0.2, 0.25) is 0 Å². The Hall–Kier alpha value is -3.79. The van der Waals surface area contributed by atoms with Crippen LogP contribution in [0, 0.1) is 11.3 Å². The molecular weight excluding hydrogens is 348 g/mol. The second kappa shape index (κ2) is 9.06. The van der Waals surface area contributed by atoms with Gasteiger partial charge in [0.15, 0.2) is 0 Å². The highest BCUT2D eigenvalue weighted by atomic mass is 16.5. The van der Waals surface area contributed by atoms with Crippen LogP contribution >= 0.6 is 0 Å². The van der Waals surface area contributed by atoms with Gasteiger partial charge in [-0.15, -0.1) is 0 Å². The van der Waals surface area contributed by atoms with E-state index in [1.807, 2.05) is 0 Å². The van der Waals surface area contributed by atoms with Crippen molar-refractivity contribution in [2.24, 2.45) is 0 Å². The van der Waals surface area contributed by atoms with E-state index in [4.69, 9.17) is 9.47 Å². The van der Waals surface area contributed by atoms with Gasteiger partial charge in [-0.05, 0) is 43.3 Å². The number of benzene rings is 2. The van der Waals surface area contributed by atoms with Crippen LogP contribution in [0.25, 0.3) is 6.08 Å². The summed E-state index contributed by atoms with van der Waals surface area (Å²) in [5.41, 5.74) is 0.392. The van der Waals surface area contributed by atoms with Crippen molar-refractivity contribution in [2.75, 3.05) is 19.0 Å². The van der Waals surface area contributed by atoms with Crippen molar-refractivity contribution in [1.82, 2.24) is 0 Å². The second-order valence-electron chi connectivity index (χ2n) is 5.31. The Morgan fingerprint density at radius 3 is 2.67 bits per heavy atom. The van der Waals surface area contributed by atoms with Crippen LogP contribution in [-0.2, 0) is 9.53 Å². The number of rotatable bonds is 6. The number of nitriles is 1. The van der Waals surface area contributed by atoms with Crippen molar-refractivity contribution in [3.05, 3.63) is 59.2 Å². The molecule has 0 atom stereocenters. The van der Waals surface area contributed by atoms with Gasteiger partial charge in [-0.25, -0.2) is 4.79 Å². The third-order valence-corrected chi connectivity index (χ3v) is 3.57. The van der Waals surface area contributed by atoms with Crippen molar-refractivity contribution in [2.45, 2.75) is 6.92 Å². The predicted octanol–water partition coefficient (Wildman–Crippen LogP) is 3.12. The predicted molar refractivity (Wildman–Crippen MR) is 99.3 cm³/mol. The van der Waals surface area contributed by atoms with Crippen LogP contribution in [-0.4, -0.2) is 30.7 Å². The molecule has 0 aliphatic carbocycles. The molecule has 138 valence electrons. The van der Waals surface area contributed by atoms with Crippen LogP contribution in [0.15, 0.2) is 48.0 Å². The fourth-order valence-electron chi connectivity index (χ4n) is 2.25. The fourth-order valence-corrected chi connectivity index (χ4v) is 2.25. The van der Waals surface area contributed by atoms with Gasteiger partial charge in [0.1, 0.15) is 23.1 Å². The van der Waals surface area contributed by atoms with Gasteiger partial charge in [0.05, 0.1) is 25.0 Å². The summed E-state index contributed by atoms with van der Waals surface area (Å²) in [6, 6.07) is 12.5. The number of phenols is 1. The standard InChI is InChI=1S/C20H18N2O5/c1-3-27-20(25)16-6-4-5-7-17(16)22-19(24)14(12-21)10-13-11-15(26-2)8-9-18(13)23/h4-11,23H,3H2,1-2H3,(H,22,24)/b14-10-. The molecule has 7 nitrogen and oxygen atoms in total. The lowest BCUT2D eigenvalue weighted by Gasteiger charge is -2.10. The number of nitrogens with one attached hydrogen (secondary N) is 1. The van der Waals surface area contributed by atoms with E-state index in [2.05, 4.69) is 5.32 Å². The number of phenolic OH excluding ortho intramolecular Hbond substituents is 1. The van der Waals surface area contributed by atoms with E-state index >= 15 is 0 Å². The summed E-state index contributed by atoms with van der Waals surface area (Å²) in [5, 5.41) is 21.8. The molecule has 0 fully saturated rings. The zero-order valence-corrected chi connectivity index (χ0v) is 14.9. The number of anilines is 1. The summed E-state index contributed by atoms with van der Waals surface area (Å²) < 4.78 is 10.0. The van der Waals surface area contributed by atoms with Gasteiger partial charge in [-0.3, -0.25) is 4.79 Å². The molecule has 2 aromatic carbocycles. The first-order chi connectivity index (χ1) is 13.0. The Kier molecular flexibility index (Phi) is 6.55. The van der Waals surface area contributed by atoms with Crippen LogP contribution in [0.1, 0.15) is 22.8 Å². The van der Waals surface area contributed by atoms with E-state index in [9.17, 15) is 20.0 Å². The van der Waals surface area contributed by atoms with Crippen LogP contribution in [0.3, 0.4) is 0 Å². The Morgan fingerprint density at radius 1 is 1.26 bits per heavy atom. The fraction of sp³-hybridized carbons (Fsp3) is 0.150. The lowest BCUT2D eigenvalue weighted by atomic mass is 10.1. The number of para-hydroxylation sites is 1. The van der Waals surface area contributed by atoms with E-state index in [0.29, 0.717) is 5.75 Å². The molecule has 0 saturated heterocycles. The zero-order chi connectivity index (χ0) is 19.8. The highest BCUT2D eigenvalue weighted by Gasteiger charge is 2.16. The van der Waals surface area contributed by atoms with Crippen LogP contribution in [0.5, 0.6) is 11.5 Å². The van der Waals surface area contributed by atoms with Crippen molar-refractivity contribution >= 4 is 23.6 Å². The number of hydrogen-bond acceptors (Lipinski definition) is 6. The summed E-state index contributed by atoms with van der Waals surface area (Å²) >= 11 is 0. The number of nitrogens with zero attached hydrogens (tertiary/aromatic N) is 1. The van der Waals surface area contributed by atoms with E-state index in [1.54, 1.807) is 31.2 Å². The Balaban J connectivity index is 2.32. The minimum Gasteiger partial charge on any atom is -0.507 e. The summed E-state index contributed by atoms with van der Waals surface area (Å²) in [7, 11) is 1.46. The lowest BCUT2D eigenvalue weighted by Crippen LogP contribution is -2.17. The average molecular weight is 366 g/mol. The molecule has 27 heavy (non-hydrogen) atoms. The molecule has 0 unspecified atom stereocenters. The summed E-state index contributed by atoms with van der Waals surface area (Å²) in [6.45, 7) is 1.87. The maximum absolute atomic E-state index is 12.5.